The first-order chi connectivity index (χ1) is 11.4. The molecule has 3 rings (SSSR count). The van der Waals surface area contributed by atoms with E-state index in [-0.39, 0.29) is 11.3 Å². The molecule has 0 atom stereocenters. The van der Waals surface area contributed by atoms with Crippen LogP contribution >= 0.6 is 0 Å². The Hall–Kier alpha value is -2.76. The van der Waals surface area contributed by atoms with E-state index in [1.807, 2.05) is 25.1 Å². The highest BCUT2D eigenvalue weighted by Gasteiger charge is 2.20. The van der Waals surface area contributed by atoms with E-state index in [0.29, 0.717) is 12.1 Å². The van der Waals surface area contributed by atoms with Crippen molar-refractivity contribution >= 4 is 11.6 Å². The second-order valence-corrected chi connectivity index (χ2v) is 6.85. The monoisotopic (exact) mass is 323 g/mol. The predicted molar refractivity (Wildman–Crippen MR) is 91.8 cm³/mol. The van der Waals surface area contributed by atoms with Gasteiger partial charge in [0.05, 0.1) is 17.0 Å². The quantitative estimate of drug-likeness (QED) is 0.804. The fourth-order valence-corrected chi connectivity index (χ4v) is 2.42. The number of amides is 1. The van der Waals surface area contributed by atoms with Gasteiger partial charge < -0.3 is 5.32 Å². The maximum absolute atomic E-state index is 12.5. The minimum absolute atomic E-state index is 0.0656. The summed E-state index contributed by atoms with van der Waals surface area (Å²) < 4.78 is 1.74. The number of rotatable bonds is 3. The minimum atomic E-state index is -0.161. The lowest BCUT2D eigenvalue weighted by atomic mass is 9.93. The highest BCUT2D eigenvalue weighted by Crippen LogP contribution is 2.22. The number of pyridine rings is 1. The van der Waals surface area contributed by atoms with Crippen molar-refractivity contribution in [2.75, 3.05) is 0 Å². The van der Waals surface area contributed by atoms with Gasteiger partial charge in [0.2, 0.25) is 0 Å². The summed E-state index contributed by atoms with van der Waals surface area (Å²) in [6.45, 7) is 8.64. The van der Waals surface area contributed by atoms with Gasteiger partial charge in [0.15, 0.2) is 5.65 Å². The van der Waals surface area contributed by atoms with Crippen LogP contribution in [0.2, 0.25) is 0 Å². The van der Waals surface area contributed by atoms with Gasteiger partial charge in [-0.3, -0.25) is 9.78 Å². The van der Waals surface area contributed by atoms with Crippen molar-refractivity contribution in [1.29, 1.82) is 0 Å². The SMILES string of the molecule is Cc1c(C(=O)NCc2ccncc2)cnc2cc(C(C)(C)C)nn12. The Morgan fingerprint density at radius 2 is 1.96 bits per heavy atom. The maximum Gasteiger partial charge on any atom is 0.254 e. The topological polar surface area (TPSA) is 72.2 Å². The van der Waals surface area contributed by atoms with Crippen LogP contribution in [0.5, 0.6) is 0 Å². The fraction of sp³-hybridized carbons (Fsp3) is 0.333. The zero-order valence-electron chi connectivity index (χ0n) is 14.4. The minimum Gasteiger partial charge on any atom is -0.348 e. The van der Waals surface area contributed by atoms with Crippen molar-refractivity contribution in [2.24, 2.45) is 0 Å². The van der Waals surface area contributed by atoms with Gasteiger partial charge in [-0.15, -0.1) is 0 Å². The molecule has 0 spiro atoms. The van der Waals surface area contributed by atoms with Crippen LogP contribution in [0.3, 0.4) is 0 Å². The molecule has 3 aromatic rings. The van der Waals surface area contributed by atoms with Crippen LogP contribution < -0.4 is 5.32 Å². The number of nitrogens with one attached hydrogen (secondary N) is 1. The Kier molecular flexibility index (Phi) is 4.05. The zero-order valence-corrected chi connectivity index (χ0v) is 14.4. The van der Waals surface area contributed by atoms with Crippen molar-refractivity contribution in [1.82, 2.24) is 24.9 Å². The van der Waals surface area contributed by atoms with Crippen molar-refractivity contribution in [2.45, 2.75) is 39.7 Å². The standard InChI is InChI=1S/C18H21N5O/c1-12-14(17(24)21-10-13-5-7-19-8-6-13)11-20-16-9-15(18(2,3)4)22-23(12)16/h5-9,11H,10H2,1-4H3,(H,21,24). The number of nitrogens with zero attached hydrogens (tertiary/aromatic N) is 4. The van der Waals surface area contributed by atoms with Crippen LogP contribution in [0.15, 0.2) is 36.8 Å². The van der Waals surface area contributed by atoms with Crippen LogP contribution in [0, 0.1) is 6.92 Å². The molecule has 0 saturated heterocycles. The van der Waals surface area contributed by atoms with Crippen LogP contribution in [0.1, 0.15) is 48.1 Å². The molecule has 3 heterocycles. The van der Waals surface area contributed by atoms with Gasteiger partial charge in [-0.05, 0) is 24.6 Å². The summed E-state index contributed by atoms with van der Waals surface area (Å²) in [5.74, 6) is -0.161. The van der Waals surface area contributed by atoms with Crippen molar-refractivity contribution < 1.29 is 4.79 Å². The largest absolute Gasteiger partial charge is 0.348 e. The summed E-state index contributed by atoms with van der Waals surface area (Å²) >= 11 is 0. The van der Waals surface area contributed by atoms with E-state index >= 15 is 0 Å². The molecule has 1 N–H and O–H groups in total. The third-order valence-electron chi connectivity index (χ3n) is 3.94. The van der Waals surface area contributed by atoms with Gasteiger partial charge in [-0.25, -0.2) is 9.50 Å². The van der Waals surface area contributed by atoms with E-state index in [0.717, 1.165) is 22.6 Å². The highest BCUT2D eigenvalue weighted by atomic mass is 16.1. The maximum atomic E-state index is 12.5. The predicted octanol–water partition coefficient (Wildman–Crippen LogP) is 2.66. The molecule has 0 aliphatic rings. The summed E-state index contributed by atoms with van der Waals surface area (Å²) in [6.07, 6.45) is 5.02. The van der Waals surface area contributed by atoms with Gasteiger partial charge in [0, 0.05) is 36.6 Å². The molecule has 0 bridgehead atoms. The van der Waals surface area contributed by atoms with Gasteiger partial charge in [0.25, 0.3) is 5.91 Å². The summed E-state index contributed by atoms with van der Waals surface area (Å²) in [7, 11) is 0. The van der Waals surface area contributed by atoms with Crippen LogP contribution in [0.4, 0.5) is 0 Å². The van der Waals surface area contributed by atoms with E-state index in [1.54, 1.807) is 23.1 Å². The van der Waals surface area contributed by atoms with E-state index in [9.17, 15) is 4.79 Å². The molecule has 3 aromatic heterocycles. The summed E-state index contributed by atoms with van der Waals surface area (Å²) in [5, 5.41) is 7.52. The molecule has 0 aliphatic heterocycles. The lowest BCUT2D eigenvalue weighted by molar-refractivity contribution is 0.0949. The molecule has 6 heteroatoms. The van der Waals surface area contributed by atoms with E-state index in [1.165, 1.54) is 0 Å². The Labute approximate surface area is 141 Å². The fourth-order valence-electron chi connectivity index (χ4n) is 2.42. The smallest absolute Gasteiger partial charge is 0.254 e. The van der Waals surface area contributed by atoms with E-state index < -0.39 is 0 Å². The third kappa shape index (κ3) is 3.13. The number of carbonyl (C=O) groups is 1. The number of hydrogen-bond acceptors (Lipinski definition) is 4. The molecule has 6 nitrogen and oxygen atoms in total. The second kappa shape index (κ2) is 6.03. The average molecular weight is 323 g/mol. The Morgan fingerprint density at radius 1 is 1.25 bits per heavy atom. The summed E-state index contributed by atoms with van der Waals surface area (Å²) in [6, 6.07) is 5.71. The van der Waals surface area contributed by atoms with E-state index in [4.69, 9.17) is 0 Å². The summed E-state index contributed by atoms with van der Waals surface area (Å²) in [5.41, 5.74) is 3.95. The molecular formula is C18H21N5O. The first kappa shape index (κ1) is 16.1. The van der Waals surface area contributed by atoms with Gasteiger partial charge in [0.1, 0.15) is 0 Å². The molecule has 0 aromatic carbocycles. The molecular weight excluding hydrogens is 302 g/mol. The lowest BCUT2D eigenvalue weighted by Gasteiger charge is -2.13. The number of fused-ring (bicyclic) bond motifs is 1. The molecule has 0 unspecified atom stereocenters. The Balaban J connectivity index is 1.86. The first-order valence-corrected chi connectivity index (χ1v) is 7.89. The van der Waals surface area contributed by atoms with Crippen LogP contribution in [0.25, 0.3) is 5.65 Å². The highest BCUT2D eigenvalue weighted by molar-refractivity contribution is 5.95. The molecule has 0 fully saturated rings. The van der Waals surface area contributed by atoms with Crippen molar-refractivity contribution in [3.05, 3.63) is 59.3 Å². The second-order valence-electron chi connectivity index (χ2n) is 6.85. The average Bonchev–Trinajstić information content (AvgIpc) is 2.99. The molecule has 0 aliphatic carbocycles. The Morgan fingerprint density at radius 3 is 2.62 bits per heavy atom. The van der Waals surface area contributed by atoms with Gasteiger partial charge >= 0.3 is 0 Å². The van der Waals surface area contributed by atoms with Crippen LogP contribution in [-0.2, 0) is 12.0 Å². The molecule has 0 saturated carbocycles. The van der Waals surface area contributed by atoms with E-state index in [2.05, 4.69) is 41.2 Å². The lowest BCUT2D eigenvalue weighted by Crippen LogP contribution is -2.24. The normalized spacial score (nSPS) is 11.7. The van der Waals surface area contributed by atoms with Gasteiger partial charge in [-0.2, -0.15) is 5.10 Å². The molecule has 24 heavy (non-hydrogen) atoms. The zero-order chi connectivity index (χ0) is 17.3. The molecule has 0 radical (unpaired) electrons. The van der Waals surface area contributed by atoms with Crippen molar-refractivity contribution in [3.63, 3.8) is 0 Å². The third-order valence-corrected chi connectivity index (χ3v) is 3.94. The summed E-state index contributed by atoms with van der Waals surface area (Å²) in [4.78, 5) is 20.8. The Bertz CT molecular complexity index is 878. The number of aromatic nitrogens is 4. The molecule has 1 amide bonds. The number of carbonyl (C=O) groups excluding carboxylic acids is 1. The molecule has 124 valence electrons. The first-order valence-electron chi connectivity index (χ1n) is 7.89. The van der Waals surface area contributed by atoms with Crippen LogP contribution in [-0.4, -0.2) is 25.5 Å². The van der Waals surface area contributed by atoms with Crippen molar-refractivity contribution in [3.8, 4) is 0 Å². The number of aryl methyl sites for hydroxylation is 1. The number of hydrogen-bond donors (Lipinski definition) is 1. The van der Waals surface area contributed by atoms with Gasteiger partial charge in [-0.1, -0.05) is 20.8 Å².